The summed E-state index contributed by atoms with van der Waals surface area (Å²) < 4.78 is 0. The zero-order valence-electron chi connectivity index (χ0n) is 11.8. The third kappa shape index (κ3) is 4.40. The van der Waals surface area contributed by atoms with Crippen LogP contribution in [0.5, 0.6) is 0 Å². The van der Waals surface area contributed by atoms with Gasteiger partial charge in [-0.3, -0.25) is 0 Å². The molecule has 1 heterocycles. The van der Waals surface area contributed by atoms with Gasteiger partial charge in [0.2, 0.25) is 0 Å². The van der Waals surface area contributed by atoms with Crippen molar-refractivity contribution in [2.75, 3.05) is 13.1 Å². The summed E-state index contributed by atoms with van der Waals surface area (Å²) in [5.41, 5.74) is 0. The lowest BCUT2D eigenvalue weighted by molar-refractivity contribution is 0.342. The van der Waals surface area contributed by atoms with E-state index in [4.69, 9.17) is 0 Å². The van der Waals surface area contributed by atoms with E-state index in [1.807, 2.05) is 11.3 Å². The van der Waals surface area contributed by atoms with Crippen LogP contribution < -0.4 is 5.32 Å². The molecule has 1 saturated carbocycles. The van der Waals surface area contributed by atoms with Crippen LogP contribution in [0.1, 0.15) is 44.4 Å². The third-order valence-corrected chi connectivity index (χ3v) is 5.05. The van der Waals surface area contributed by atoms with Crippen molar-refractivity contribution < 1.29 is 0 Å². The SMILES string of the molecule is CC(C)CNCC1CCCC1CCc1cccs1. The molecule has 0 aromatic carbocycles. The van der Waals surface area contributed by atoms with Crippen LogP contribution in [0.2, 0.25) is 0 Å². The second-order valence-electron chi connectivity index (χ2n) is 6.12. The molecule has 1 aromatic heterocycles. The average molecular weight is 265 g/mol. The van der Waals surface area contributed by atoms with Crippen molar-refractivity contribution in [2.45, 2.75) is 46.0 Å². The molecule has 1 nitrogen and oxygen atoms in total. The van der Waals surface area contributed by atoms with Crippen LogP contribution in [0, 0.1) is 17.8 Å². The van der Waals surface area contributed by atoms with Crippen molar-refractivity contribution >= 4 is 11.3 Å². The van der Waals surface area contributed by atoms with E-state index in [2.05, 4.69) is 36.7 Å². The number of nitrogens with one attached hydrogen (secondary N) is 1. The molecule has 2 heteroatoms. The average Bonchev–Trinajstić information content (AvgIpc) is 2.96. The summed E-state index contributed by atoms with van der Waals surface area (Å²) in [6.45, 7) is 6.99. The van der Waals surface area contributed by atoms with Crippen molar-refractivity contribution in [3.63, 3.8) is 0 Å². The minimum atomic E-state index is 0.774. The summed E-state index contributed by atoms with van der Waals surface area (Å²) in [6.07, 6.45) is 7.04. The molecule has 0 radical (unpaired) electrons. The van der Waals surface area contributed by atoms with Gasteiger partial charge >= 0.3 is 0 Å². The van der Waals surface area contributed by atoms with Crippen LogP contribution in [0.15, 0.2) is 17.5 Å². The van der Waals surface area contributed by atoms with E-state index >= 15 is 0 Å². The fraction of sp³-hybridized carbons (Fsp3) is 0.750. The van der Waals surface area contributed by atoms with Gasteiger partial charge < -0.3 is 5.32 Å². The first-order valence-corrected chi connectivity index (χ1v) is 8.36. The Balaban J connectivity index is 1.70. The Hall–Kier alpha value is -0.340. The highest BCUT2D eigenvalue weighted by atomic mass is 32.1. The Labute approximate surface area is 116 Å². The summed E-state index contributed by atoms with van der Waals surface area (Å²) in [5, 5.41) is 5.85. The largest absolute Gasteiger partial charge is 0.316 e. The van der Waals surface area contributed by atoms with Crippen LogP contribution >= 0.6 is 11.3 Å². The first-order chi connectivity index (χ1) is 8.75. The van der Waals surface area contributed by atoms with Gasteiger partial charge in [-0.05, 0) is 61.6 Å². The first-order valence-electron chi connectivity index (χ1n) is 7.49. The summed E-state index contributed by atoms with van der Waals surface area (Å²) in [5.74, 6) is 2.67. The summed E-state index contributed by atoms with van der Waals surface area (Å²) in [6, 6.07) is 4.46. The molecule has 0 spiro atoms. The van der Waals surface area contributed by atoms with Crippen LogP contribution in [-0.2, 0) is 6.42 Å². The number of rotatable bonds is 7. The first kappa shape index (κ1) is 14.1. The second kappa shape index (κ2) is 7.30. The maximum Gasteiger partial charge on any atom is 0.00453 e. The van der Waals surface area contributed by atoms with Gasteiger partial charge in [-0.2, -0.15) is 0 Å². The summed E-state index contributed by atoms with van der Waals surface area (Å²) in [4.78, 5) is 1.57. The van der Waals surface area contributed by atoms with Crippen LogP contribution in [0.3, 0.4) is 0 Å². The highest BCUT2D eigenvalue weighted by molar-refractivity contribution is 7.09. The van der Waals surface area contributed by atoms with Gasteiger partial charge in [-0.1, -0.05) is 32.8 Å². The third-order valence-electron chi connectivity index (χ3n) is 4.12. The molecule has 1 N–H and O–H groups in total. The number of thiophene rings is 1. The molecule has 18 heavy (non-hydrogen) atoms. The highest BCUT2D eigenvalue weighted by Gasteiger charge is 2.26. The molecule has 1 fully saturated rings. The van der Waals surface area contributed by atoms with E-state index < -0.39 is 0 Å². The van der Waals surface area contributed by atoms with Crippen molar-refractivity contribution in [1.29, 1.82) is 0 Å². The fourth-order valence-electron chi connectivity index (χ4n) is 3.10. The zero-order chi connectivity index (χ0) is 12.8. The molecule has 2 unspecified atom stereocenters. The lowest BCUT2D eigenvalue weighted by Gasteiger charge is -2.20. The molecule has 0 amide bonds. The van der Waals surface area contributed by atoms with Gasteiger partial charge in [0.05, 0.1) is 0 Å². The predicted octanol–water partition coefficient (Wildman–Crippen LogP) is 4.34. The lowest BCUT2D eigenvalue weighted by atomic mass is 9.91. The quantitative estimate of drug-likeness (QED) is 0.773. The standard InChI is InChI=1S/C16H27NS/c1-13(2)11-17-12-15-6-3-5-14(15)8-9-16-7-4-10-18-16/h4,7,10,13-15,17H,3,5-6,8-9,11-12H2,1-2H3. The Morgan fingerprint density at radius 2 is 2.17 bits per heavy atom. The molecule has 1 aromatic rings. The minimum Gasteiger partial charge on any atom is -0.316 e. The molecule has 102 valence electrons. The monoisotopic (exact) mass is 265 g/mol. The minimum absolute atomic E-state index is 0.774. The second-order valence-corrected chi connectivity index (χ2v) is 7.15. The zero-order valence-corrected chi connectivity index (χ0v) is 12.6. The van der Waals surface area contributed by atoms with Crippen LogP contribution in [0.4, 0.5) is 0 Å². The Kier molecular flexibility index (Phi) is 5.71. The van der Waals surface area contributed by atoms with Gasteiger partial charge in [0.25, 0.3) is 0 Å². The molecule has 2 rings (SSSR count). The Morgan fingerprint density at radius 1 is 1.33 bits per heavy atom. The van der Waals surface area contributed by atoms with Gasteiger partial charge in [0.15, 0.2) is 0 Å². The summed E-state index contributed by atoms with van der Waals surface area (Å²) >= 11 is 1.91. The molecule has 0 saturated heterocycles. The van der Waals surface area contributed by atoms with Gasteiger partial charge in [0.1, 0.15) is 0 Å². The maximum atomic E-state index is 3.65. The molecule has 0 aliphatic heterocycles. The Bertz CT molecular complexity index is 318. The molecule has 1 aliphatic carbocycles. The topological polar surface area (TPSA) is 12.0 Å². The smallest absolute Gasteiger partial charge is 0.00453 e. The fourth-order valence-corrected chi connectivity index (χ4v) is 3.83. The van der Waals surface area contributed by atoms with Crippen LogP contribution in [-0.4, -0.2) is 13.1 Å². The van der Waals surface area contributed by atoms with E-state index in [-0.39, 0.29) is 0 Å². The normalized spacial score (nSPS) is 23.9. The number of hydrogen-bond acceptors (Lipinski definition) is 2. The van der Waals surface area contributed by atoms with E-state index in [0.29, 0.717) is 0 Å². The molecule has 0 bridgehead atoms. The molecule has 2 atom stereocenters. The van der Waals surface area contributed by atoms with E-state index in [9.17, 15) is 0 Å². The van der Waals surface area contributed by atoms with Gasteiger partial charge in [0, 0.05) is 4.88 Å². The summed E-state index contributed by atoms with van der Waals surface area (Å²) in [7, 11) is 0. The Morgan fingerprint density at radius 3 is 2.89 bits per heavy atom. The van der Waals surface area contributed by atoms with Crippen molar-refractivity contribution in [3.8, 4) is 0 Å². The van der Waals surface area contributed by atoms with E-state index in [0.717, 1.165) is 17.8 Å². The molecular weight excluding hydrogens is 238 g/mol. The van der Waals surface area contributed by atoms with Crippen molar-refractivity contribution in [2.24, 2.45) is 17.8 Å². The van der Waals surface area contributed by atoms with Gasteiger partial charge in [-0.15, -0.1) is 11.3 Å². The predicted molar refractivity (Wildman–Crippen MR) is 81.2 cm³/mol. The van der Waals surface area contributed by atoms with E-state index in [1.54, 1.807) is 4.88 Å². The maximum absolute atomic E-state index is 3.65. The van der Waals surface area contributed by atoms with E-state index in [1.165, 1.54) is 45.2 Å². The van der Waals surface area contributed by atoms with Crippen molar-refractivity contribution in [3.05, 3.63) is 22.4 Å². The number of aryl methyl sites for hydroxylation is 1. The molecule has 1 aliphatic rings. The van der Waals surface area contributed by atoms with Crippen LogP contribution in [0.25, 0.3) is 0 Å². The van der Waals surface area contributed by atoms with Crippen molar-refractivity contribution in [1.82, 2.24) is 5.32 Å². The van der Waals surface area contributed by atoms with Gasteiger partial charge in [-0.25, -0.2) is 0 Å². The highest BCUT2D eigenvalue weighted by Crippen LogP contribution is 2.34. The lowest BCUT2D eigenvalue weighted by Crippen LogP contribution is -2.28. The molecular formula is C16H27NS. The number of hydrogen-bond donors (Lipinski definition) is 1.